The Kier molecular flexibility index (Phi) is 6.56. The van der Waals surface area contributed by atoms with Crippen molar-refractivity contribution in [2.45, 2.75) is 27.2 Å². The number of rotatable bonds is 7. The lowest BCUT2D eigenvalue weighted by Crippen LogP contribution is -2.24. The van der Waals surface area contributed by atoms with E-state index in [2.05, 4.69) is 11.4 Å². The van der Waals surface area contributed by atoms with Crippen LogP contribution < -0.4 is 5.32 Å². The molecule has 0 unspecified atom stereocenters. The molecular formula is C10H20N2O. The maximum absolute atomic E-state index is 8.73. The van der Waals surface area contributed by atoms with Gasteiger partial charge < -0.3 is 10.1 Å². The monoisotopic (exact) mass is 184 g/mol. The lowest BCUT2D eigenvalue weighted by Gasteiger charge is -2.14. The molecule has 0 radical (unpaired) electrons. The van der Waals surface area contributed by atoms with Gasteiger partial charge in [-0.1, -0.05) is 0 Å². The van der Waals surface area contributed by atoms with Crippen LogP contribution in [0.15, 0.2) is 0 Å². The van der Waals surface area contributed by atoms with Gasteiger partial charge in [0.1, 0.15) is 0 Å². The number of hydrogen-bond donors (Lipinski definition) is 1. The quantitative estimate of drug-likeness (QED) is 0.611. The zero-order valence-corrected chi connectivity index (χ0v) is 8.89. The van der Waals surface area contributed by atoms with Crippen LogP contribution >= 0.6 is 0 Å². The topological polar surface area (TPSA) is 45.0 Å². The van der Waals surface area contributed by atoms with Crippen LogP contribution in [0.5, 0.6) is 0 Å². The number of ether oxygens (including phenoxy) is 1. The highest BCUT2D eigenvalue weighted by atomic mass is 16.5. The summed E-state index contributed by atoms with van der Waals surface area (Å²) in [5.41, 5.74) is -0.210. The lowest BCUT2D eigenvalue weighted by atomic mass is 9.92. The van der Waals surface area contributed by atoms with Crippen molar-refractivity contribution in [3.63, 3.8) is 0 Å². The molecule has 0 fully saturated rings. The first-order valence-electron chi connectivity index (χ1n) is 4.82. The SMILES string of the molecule is CCOCCNCCC(C)(C)C#N. The first-order chi connectivity index (χ1) is 6.12. The van der Waals surface area contributed by atoms with Gasteiger partial charge in [0.2, 0.25) is 0 Å². The second-order valence-corrected chi connectivity index (χ2v) is 3.69. The highest BCUT2D eigenvalue weighted by molar-refractivity contribution is 4.91. The zero-order valence-electron chi connectivity index (χ0n) is 8.89. The summed E-state index contributed by atoms with van der Waals surface area (Å²) in [6.45, 7) is 9.17. The fourth-order valence-electron chi connectivity index (χ4n) is 0.870. The van der Waals surface area contributed by atoms with E-state index in [-0.39, 0.29) is 5.41 Å². The molecule has 0 amide bonds. The molecule has 0 atom stereocenters. The Balaban J connectivity index is 3.22. The second-order valence-electron chi connectivity index (χ2n) is 3.69. The van der Waals surface area contributed by atoms with Gasteiger partial charge in [0.05, 0.1) is 18.1 Å². The molecule has 0 saturated carbocycles. The van der Waals surface area contributed by atoms with E-state index >= 15 is 0 Å². The third-order valence-electron chi connectivity index (χ3n) is 1.86. The molecule has 0 aliphatic rings. The Morgan fingerprint density at radius 2 is 2.08 bits per heavy atom. The maximum Gasteiger partial charge on any atom is 0.0684 e. The van der Waals surface area contributed by atoms with Crippen LogP contribution in [0.4, 0.5) is 0 Å². The van der Waals surface area contributed by atoms with Gasteiger partial charge in [-0.3, -0.25) is 0 Å². The number of nitriles is 1. The Hall–Kier alpha value is -0.590. The number of hydrogen-bond acceptors (Lipinski definition) is 3. The molecule has 0 aromatic rings. The average molecular weight is 184 g/mol. The van der Waals surface area contributed by atoms with E-state index in [1.165, 1.54) is 0 Å². The maximum atomic E-state index is 8.73. The van der Waals surface area contributed by atoms with E-state index in [0.717, 1.165) is 32.7 Å². The van der Waals surface area contributed by atoms with Gasteiger partial charge in [0.25, 0.3) is 0 Å². The first-order valence-corrected chi connectivity index (χ1v) is 4.82. The van der Waals surface area contributed by atoms with Crippen LogP contribution in [0, 0.1) is 16.7 Å². The predicted molar refractivity (Wildman–Crippen MR) is 53.4 cm³/mol. The summed E-state index contributed by atoms with van der Waals surface area (Å²) in [6, 6.07) is 2.27. The highest BCUT2D eigenvalue weighted by Crippen LogP contribution is 2.16. The van der Waals surface area contributed by atoms with E-state index in [1.54, 1.807) is 0 Å². The molecule has 76 valence electrons. The molecule has 0 aromatic heterocycles. The predicted octanol–water partition coefficient (Wildman–Crippen LogP) is 1.55. The largest absolute Gasteiger partial charge is 0.380 e. The van der Waals surface area contributed by atoms with Crippen molar-refractivity contribution in [3.05, 3.63) is 0 Å². The zero-order chi connectivity index (χ0) is 10.2. The fraction of sp³-hybridized carbons (Fsp3) is 0.900. The minimum Gasteiger partial charge on any atom is -0.380 e. The fourth-order valence-corrected chi connectivity index (χ4v) is 0.870. The molecule has 0 bridgehead atoms. The van der Waals surface area contributed by atoms with Crippen molar-refractivity contribution in [3.8, 4) is 6.07 Å². The third kappa shape index (κ3) is 7.76. The summed E-state index contributed by atoms with van der Waals surface area (Å²) < 4.78 is 5.16. The molecule has 3 nitrogen and oxygen atoms in total. The molecule has 0 aliphatic heterocycles. The van der Waals surface area contributed by atoms with Crippen LogP contribution in [-0.2, 0) is 4.74 Å². The Labute approximate surface area is 81.1 Å². The van der Waals surface area contributed by atoms with E-state index in [4.69, 9.17) is 10.00 Å². The number of nitrogens with one attached hydrogen (secondary N) is 1. The second kappa shape index (κ2) is 6.88. The van der Waals surface area contributed by atoms with E-state index in [9.17, 15) is 0 Å². The summed E-state index contributed by atoms with van der Waals surface area (Å²) in [4.78, 5) is 0. The minimum absolute atomic E-state index is 0.210. The summed E-state index contributed by atoms with van der Waals surface area (Å²) in [5, 5.41) is 12.0. The third-order valence-corrected chi connectivity index (χ3v) is 1.86. The summed E-state index contributed by atoms with van der Waals surface area (Å²) >= 11 is 0. The van der Waals surface area contributed by atoms with Gasteiger partial charge in [-0.15, -0.1) is 0 Å². The van der Waals surface area contributed by atoms with Crippen LogP contribution in [0.2, 0.25) is 0 Å². The normalized spacial score (nSPS) is 11.2. The molecule has 0 saturated heterocycles. The molecule has 0 spiro atoms. The highest BCUT2D eigenvalue weighted by Gasteiger charge is 2.14. The van der Waals surface area contributed by atoms with Crippen LogP contribution in [0.3, 0.4) is 0 Å². The van der Waals surface area contributed by atoms with Gasteiger partial charge in [-0.05, 0) is 33.7 Å². The Morgan fingerprint density at radius 3 is 2.62 bits per heavy atom. The Bertz CT molecular complexity index is 161. The van der Waals surface area contributed by atoms with Gasteiger partial charge in [0, 0.05) is 13.2 Å². The van der Waals surface area contributed by atoms with Gasteiger partial charge in [-0.2, -0.15) is 5.26 Å². The van der Waals surface area contributed by atoms with E-state index < -0.39 is 0 Å². The molecular weight excluding hydrogens is 164 g/mol. The van der Waals surface area contributed by atoms with Crippen molar-refractivity contribution in [1.82, 2.24) is 5.32 Å². The van der Waals surface area contributed by atoms with Gasteiger partial charge in [0.15, 0.2) is 0 Å². The Morgan fingerprint density at radius 1 is 1.38 bits per heavy atom. The molecule has 3 heteroatoms. The van der Waals surface area contributed by atoms with Crippen molar-refractivity contribution >= 4 is 0 Å². The van der Waals surface area contributed by atoms with Crippen molar-refractivity contribution in [1.29, 1.82) is 5.26 Å². The minimum atomic E-state index is -0.210. The molecule has 0 heterocycles. The molecule has 0 aliphatic carbocycles. The summed E-state index contributed by atoms with van der Waals surface area (Å²) in [7, 11) is 0. The van der Waals surface area contributed by atoms with Crippen LogP contribution in [0.1, 0.15) is 27.2 Å². The molecule has 13 heavy (non-hydrogen) atoms. The van der Waals surface area contributed by atoms with Crippen molar-refractivity contribution in [2.24, 2.45) is 5.41 Å². The van der Waals surface area contributed by atoms with Gasteiger partial charge >= 0.3 is 0 Å². The average Bonchev–Trinajstić information content (AvgIpc) is 2.11. The van der Waals surface area contributed by atoms with E-state index in [0.29, 0.717) is 0 Å². The van der Waals surface area contributed by atoms with E-state index in [1.807, 2.05) is 20.8 Å². The molecule has 0 aromatic carbocycles. The lowest BCUT2D eigenvalue weighted by molar-refractivity contribution is 0.149. The molecule has 0 rings (SSSR count). The standard InChI is InChI=1S/C10H20N2O/c1-4-13-8-7-12-6-5-10(2,3)9-11/h12H,4-8H2,1-3H3. The summed E-state index contributed by atoms with van der Waals surface area (Å²) in [5.74, 6) is 0. The van der Waals surface area contributed by atoms with Gasteiger partial charge in [-0.25, -0.2) is 0 Å². The van der Waals surface area contributed by atoms with Crippen LogP contribution in [0.25, 0.3) is 0 Å². The van der Waals surface area contributed by atoms with Crippen molar-refractivity contribution < 1.29 is 4.74 Å². The summed E-state index contributed by atoms with van der Waals surface area (Å²) in [6.07, 6.45) is 0.885. The van der Waals surface area contributed by atoms with Crippen LogP contribution in [-0.4, -0.2) is 26.3 Å². The molecule has 1 N–H and O–H groups in total. The first kappa shape index (κ1) is 12.4. The van der Waals surface area contributed by atoms with Crippen molar-refractivity contribution in [2.75, 3.05) is 26.3 Å². The smallest absolute Gasteiger partial charge is 0.0684 e. The number of nitrogens with zero attached hydrogens (tertiary/aromatic N) is 1.